The van der Waals surface area contributed by atoms with Gasteiger partial charge in [-0.3, -0.25) is 0 Å². The van der Waals surface area contributed by atoms with Crippen LogP contribution in [0.4, 0.5) is 0 Å². The molecule has 0 aliphatic carbocycles. The van der Waals surface area contributed by atoms with E-state index in [2.05, 4.69) is 27.7 Å². The Morgan fingerprint density at radius 1 is 0.765 bits per heavy atom. The van der Waals surface area contributed by atoms with Gasteiger partial charge in [-0.2, -0.15) is 13.1 Å². The van der Waals surface area contributed by atoms with Gasteiger partial charge in [0.2, 0.25) is 0 Å². The predicted molar refractivity (Wildman–Crippen MR) is 80.7 cm³/mol. The Morgan fingerprint density at radius 3 is 0.941 bits per heavy atom. The number of rotatable bonds is 4. The van der Waals surface area contributed by atoms with Crippen molar-refractivity contribution in [3.8, 4) is 0 Å². The van der Waals surface area contributed by atoms with Crippen LogP contribution in [0.2, 0.25) is 0 Å². The average Bonchev–Trinajstić information content (AvgIpc) is 2.00. The Labute approximate surface area is 126 Å². The van der Waals surface area contributed by atoms with Crippen molar-refractivity contribution in [3.05, 3.63) is 11.5 Å². The summed E-state index contributed by atoms with van der Waals surface area (Å²) in [4.78, 5) is 0. The van der Waals surface area contributed by atoms with Crippen LogP contribution in [0.1, 0.15) is 40.5 Å². The number of hydrogen-bond acceptors (Lipinski definition) is 0. The molecule has 0 radical (unpaired) electrons. The van der Waals surface area contributed by atoms with Gasteiger partial charge < -0.3 is 11.5 Å². The van der Waals surface area contributed by atoms with E-state index in [4.69, 9.17) is 49.1 Å². The van der Waals surface area contributed by atoms with Crippen LogP contribution in [0.3, 0.4) is 0 Å². The van der Waals surface area contributed by atoms with Crippen molar-refractivity contribution in [2.24, 2.45) is 11.8 Å². The van der Waals surface area contributed by atoms with Crippen molar-refractivity contribution in [2.45, 2.75) is 40.5 Å². The number of hydrogen-bond donors (Lipinski definition) is 0. The molecule has 0 amide bonds. The zero-order chi connectivity index (χ0) is 14.5. The average molecular weight is 509 g/mol. The zero-order valence-corrected chi connectivity index (χ0v) is 16.1. The van der Waals surface area contributed by atoms with Crippen LogP contribution in [0.5, 0.6) is 0 Å². The van der Waals surface area contributed by atoms with Gasteiger partial charge in [0.25, 0.3) is 0 Å². The Morgan fingerprint density at radius 2 is 0.941 bits per heavy atom. The molecular formula is C10H24Cl4N2Pt. The summed E-state index contributed by atoms with van der Waals surface area (Å²) in [5.41, 5.74) is 13.5. The van der Waals surface area contributed by atoms with Gasteiger partial charge in [0.15, 0.2) is 0 Å². The van der Waals surface area contributed by atoms with E-state index in [1.54, 1.807) is 0 Å². The summed E-state index contributed by atoms with van der Waals surface area (Å²) >= 11 is -3.06. The van der Waals surface area contributed by atoms with Crippen LogP contribution in [0.15, 0.2) is 0 Å². The third-order valence-electron chi connectivity index (χ3n) is 1.44. The Kier molecular flexibility index (Phi) is 22.2. The summed E-state index contributed by atoms with van der Waals surface area (Å²) < 4.78 is 0. The van der Waals surface area contributed by atoms with E-state index in [-0.39, 0.29) is 0 Å². The van der Waals surface area contributed by atoms with Crippen LogP contribution >= 0.6 is 37.7 Å². The second-order valence-electron chi connectivity index (χ2n) is 4.14. The molecule has 17 heavy (non-hydrogen) atoms. The molecule has 0 aromatic heterocycles. The van der Waals surface area contributed by atoms with Crippen molar-refractivity contribution in [1.29, 1.82) is 0 Å². The van der Waals surface area contributed by atoms with Gasteiger partial charge in [-0.1, -0.05) is 40.5 Å². The molecule has 0 fully saturated rings. The van der Waals surface area contributed by atoms with Crippen LogP contribution in [-0.4, -0.2) is 13.1 Å². The molecule has 7 heteroatoms. The maximum absolute atomic E-state index is 6.73. The van der Waals surface area contributed by atoms with E-state index in [1.165, 1.54) is 0 Å². The molecule has 2 N–H and O–H groups in total. The molecule has 0 aliphatic rings. The van der Waals surface area contributed by atoms with E-state index in [0.29, 0.717) is 24.9 Å². The summed E-state index contributed by atoms with van der Waals surface area (Å²) in [6.45, 7) is 9.70. The van der Waals surface area contributed by atoms with E-state index in [1.807, 2.05) is 0 Å². The molecule has 0 saturated carbocycles. The first-order chi connectivity index (χ1) is 7.54. The SMILES string of the molecule is CC(C)CC[NH-].CC(C)CC[NH-].[Cl][Pt+2]([Cl])([Cl])[Cl]. The molecule has 0 bridgehead atoms. The van der Waals surface area contributed by atoms with Crippen LogP contribution < -0.4 is 0 Å². The first kappa shape index (κ1) is 23.8. The Hall–Kier alpha value is 1.77. The monoisotopic (exact) mass is 507 g/mol. The predicted octanol–water partition coefficient (Wildman–Crippen LogP) is 6.92. The van der Waals surface area contributed by atoms with E-state index in [0.717, 1.165) is 12.8 Å². The second-order valence-corrected chi connectivity index (χ2v) is 23.8. The first-order valence-electron chi connectivity index (χ1n) is 5.31. The van der Waals surface area contributed by atoms with Gasteiger partial charge in [0, 0.05) is 0 Å². The molecular weight excluding hydrogens is 485 g/mol. The van der Waals surface area contributed by atoms with Crippen LogP contribution in [0, 0.1) is 11.8 Å². The fraction of sp³-hybridized carbons (Fsp3) is 1.00. The number of nitrogens with one attached hydrogen (secondary N) is 2. The van der Waals surface area contributed by atoms with E-state index < -0.39 is 11.9 Å². The Balaban J connectivity index is -0.000000174. The van der Waals surface area contributed by atoms with Crippen molar-refractivity contribution >= 4 is 37.7 Å². The molecule has 0 heterocycles. The summed E-state index contributed by atoms with van der Waals surface area (Å²) in [5.74, 6) is 1.42. The van der Waals surface area contributed by atoms with Gasteiger partial charge in [-0.25, -0.2) is 0 Å². The van der Waals surface area contributed by atoms with Gasteiger partial charge in [0.05, 0.1) is 0 Å². The van der Waals surface area contributed by atoms with E-state index >= 15 is 0 Å². The minimum atomic E-state index is -3.06. The molecule has 0 spiro atoms. The zero-order valence-electron chi connectivity index (χ0n) is 10.8. The molecule has 0 aromatic rings. The molecule has 0 atom stereocenters. The number of halogens is 4. The van der Waals surface area contributed by atoms with Crippen molar-refractivity contribution < 1.29 is 11.9 Å². The van der Waals surface area contributed by atoms with E-state index in [9.17, 15) is 0 Å². The van der Waals surface area contributed by atoms with Gasteiger partial charge in [-0.15, -0.1) is 0 Å². The molecule has 2 nitrogen and oxygen atoms in total. The molecule has 0 aromatic carbocycles. The van der Waals surface area contributed by atoms with Gasteiger partial charge in [0.1, 0.15) is 0 Å². The third-order valence-corrected chi connectivity index (χ3v) is 1.44. The standard InChI is InChI=1S/2C5H12N.4ClH.Pt/c2*1-5(2)3-4-6;;;;;/h2*5-6H,3-4H2,1-2H3;4*1H;/q2*-1;;;;;+6/p-4. The molecule has 0 saturated heterocycles. The fourth-order valence-corrected chi connectivity index (χ4v) is 0.577. The Bertz CT molecular complexity index is 125. The normalized spacial score (nSPS) is 11.5. The third kappa shape index (κ3) is 73.2. The van der Waals surface area contributed by atoms with Crippen molar-refractivity contribution in [2.75, 3.05) is 13.1 Å². The van der Waals surface area contributed by atoms with Crippen molar-refractivity contribution in [1.82, 2.24) is 0 Å². The first-order valence-corrected chi connectivity index (χ1v) is 16.6. The summed E-state index contributed by atoms with van der Waals surface area (Å²) in [6, 6.07) is 0. The summed E-state index contributed by atoms with van der Waals surface area (Å²) in [6.07, 6.45) is 2.08. The topological polar surface area (TPSA) is 47.6 Å². The van der Waals surface area contributed by atoms with Gasteiger partial charge in [-0.05, 0) is 11.8 Å². The summed E-state index contributed by atoms with van der Waals surface area (Å²) in [5, 5.41) is 0. The summed E-state index contributed by atoms with van der Waals surface area (Å²) in [7, 11) is 20.0. The van der Waals surface area contributed by atoms with Crippen LogP contribution in [-0.2, 0) is 11.9 Å². The molecule has 0 unspecified atom stereocenters. The molecule has 0 rings (SSSR count). The maximum atomic E-state index is 6.73. The fourth-order valence-electron chi connectivity index (χ4n) is 0.577. The minimum absolute atomic E-state index is 0.581. The quantitative estimate of drug-likeness (QED) is 0.395. The second kappa shape index (κ2) is 15.8. The molecule has 0 aliphatic heterocycles. The van der Waals surface area contributed by atoms with Crippen molar-refractivity contribution in [3.63, 3.8) is 0 Å². The van der Waals surface area contributed by atoms with Gasteiger partial charge >= 0.3 is 49.6 Å². The molecule has 112 valence electrons. The van der Waals surface area contributed by atoms with Crippen LogP contribution in [0.25, 0.3) is 11.5 Å².